The molecule has 0 unspecified atom stereocenters. The number of hydrogen-bond acceptors (Lipinski definition) is 3. The Balaban J connectivity index is 2.82. The second-order valence-corrected chi connectivity index (χ2v) is 5.61. The van der Waals surface area contributed by atoms with Gasteiger partial charge in [0.1, 0.15) is 0 Å². The van der Waals surface area contributed by atoms with Gasteiger partial charge in [0, 0.05) is 18.7 Å². The molecular weight excluding hydrogens is 243 g/mol. The zero-order valence-corrected chi connectivity index (χ0v) is 12.5. The Hall–Kier alpha value is -1.45. The number of halogens is 1. The molecule has 1 aromatic carbocycles. The predicted molar refractivity (Wildman–Crippen MR) is 79.0 cm³/mol. The first-order valence-corrected chi connectivity index (χ1v) is 6.73. The summed E-state index contributed by atoms with van der Waals surface area (Å²) < 4.78 is 18.4. The number of methoxy groups -OCH3 is 1. The Labute approximate surface area is 115 Å². The molecule has 0 aliphatic rings. The summed E-state index contributed by atoms with van der Waals surface area (Å²) in [4.78, 5) is 0. The van der Waals surface area contributed by atoms with E-state index >= 15 is 0 Å². The Bertz CT molecular complexity index is 411. The van der Waals surface area contributed by atoms with Crippen molar-refractivity contribution in [3.8, 4) is 5.75 Å². The molecule has 4 heteroatoms. The van der Waals surface area contributed by atoms with Gasteiger partial charge in [-0.3, -0.25) is 0 Å². The van der Waals surface area contributed by atoms with E-state index in [9.17, 15) is 4.39 Å². The van der Waals surface area contributed by atoms with Crippen LogP contribution in [-0.4, -0.2) is 13.7 Å². The lowest BCUT2D eigenvalue weighted by Crippen LogP contribution is -2.24. The average molecular weight is 268 g/mol. The fraction of sp³-hybridized carbons (Fsp3) is 0.600. The van der Waals surface area contributed by atoms with E-state index < -0.39 is 5.82 Å². The van der Waals surface area contributed by atoms with Gasteiger partial charge in [-0.2, -0.15) is 0 Å². The van der Waals surface area contributed by atoms with Crippen molar-refractivity contribution in [2.45, 2.75) is 27.7 Å². The maximum Gasteiger partial charge on any atom is 0.167 e. The lowest BCUT2D eigenvalue weighted by molar-refractivity contribution is 0.304. The predicted octanol–water partition coefficient (Wildman–Crippen LogP) is 3.76. The number of nitrogens with one attached hydrogen (secondary N) is 1. The van der Waals surface area contributed by atoms with E-state index in [0.29, 0.717) is 23.4 Å². The minimum atomic E-state index is -0.435. The van der Waals surface area contributed by atoms with E-state index in [1.165, 1.54) is 13.2 Å². The van der Waals surface area contributed by atoms with E-state index in [4.69, 9.17) is 10.5 Å². The fourth-order valence-electron chi connectivity index (χ4n) is 2.35. The minimum absolute atomic E-state index is 0.211. The van der Waals surface area contributed by atoms with Gasteiger partial charge < -0.3 is 15.8 Å². The Morgan fingerprint density at radius 1 is 1.21 bits per heavy atom. The summed E-state index contributed by atoms with van der Waals surface area (Å²) in [5.74, 6) is 1.47. The molecule has 1 aromatic rings. The van der Waals surface area contributed by atoms with Gasteiger partial charge in [0.15, 0.2) is 11.6 Å². The van der Waals surface area contributed by atoms with Crippen LogP contribution in [0.5, 0.6) is 5.75 Å². The summed E-state index contributed by atoms with van der Waals surface area (Å²) in [6.45, 7) is 9.65. The van der Waals surface area contributed by atoms with Crippen LogP contribution in [0.1, 0.15) is 27.7 Å². The third-order valence-corrected chi connectivity index (χ3v) is 3.56. The van der Waals surface area contributed by atoms with Crippen LogP contribution in [0.4, 0.5) is 15.8 Å². The van der Waals surface area contributed by atoms with Crippen LogP contribution in [0.3, 0.4) is 0 Å². The third-order valence-electron chi connectivity index (χ3n) is 3.56. The second kappa shape index (κ2) is 6.64. The van der Waals surface area contributed by atoms with E-state index in [2.05, 4.69) is 33.0 Å². The highest BCUT2D eigenvalue weighted by Crippen LogP contribution is 2.29. The Kier molecular flexibility index (Phi) is 5.45. The molecule has 0 bridgehead atoms. The van der Waals surface area contributed by atoms with Gasteiger partial charge in [-0.15, -0.1) is 0 Å². The van der Waals surface area contributed by atoms with Crippen LogP contribution in [0, 0.1) is 23.6 Å². The molecule has 19 heavy (non-hydrogen) atoms. The molecule has 0 saturated carbocycles. The summed E-state index contributed by atoms with van der Waals surface area (Å²) >= 11 is 0. The first-order valence-electron chi connectivity index (χ1n) is 6.73. The molecule has 1 rings (SSSR count). The number of nitrogens with two attached hydrogens (primary N) is 1. The van der Waals surface area contributed by atoms with Gasteiger partial charge >= 0.3 is 0 Å². The van der Waals surface area contributed by atoms with E-state index in [0.717, 1.165) is 12.2 Å². The number of ether oxygens (including phenoxy) is 1. The van der Waals surface area contributed by atoms with Crippen molar-refractivity contribution in [1.82, 2.24) is 0 Å². The first-order chi connectivity index (χ1) is 8.86. The van der Waals surface area contributed by atoms with Crippen LogP contribution in [0.25, 0.3) is 0 Å². The van der Waals surface area contributed by atoms with Gasteiger partial charge in [0.2, 0.25) is 0 Å². The van der Waals surface area contributed by atoms with Gasteiger partial charge in [0.25, 0.3) is 0 Å². The van der Waals surface area contributed by atoms with Crippen molar-refractivity contribution < 1.29 is 9.13 Å². The number of nitrogen functional groups attached to an aromatic ring is 1. The molecule has 108 valence electrons. The van der Waals surface area contributed by atoms with Crippen molar-refractivity contribution >= 4 is 11.4 Å². The number of rotatable bonds is 6. The molecular formula is C15H25FN2O. The number of hydrogen-bond donors (Lipinski definition) is 2. The summed E-state index contributed by atoms with van der Waals surface area (Å²) in [5, 5.41) is 3.31. The molecule has 0 radical (unpaired) electrons. The normalized spacial score (nSPS) is 11.4. The molecule has 0 spiro atoms. The van der Waals surface area contributed by atoms with E-state index in [-0.39, 0.29) is 5.75 Å². The lowest BCUT2D eigenvalue weighted by atomic mass is 9.85. The van der Waals surface area contributed by atoms with Gasteiger partial charge in [-0.1, -0.05) is 27.7 Å². The van der Waals surface area contributed by atoms with Crippen molar-refractivity contribution in [3.63, 3.8) is 0 Å². The fourth-order valence-corrected chi connectivity index (χ4v) is 2.35. The monoisotopic (exact) mass is 268 g/mol. The molecule has 3 N–H and O–H groups in total. The van der Waals surface area contributed by atoms with Crippen LogP contribution in [0.2, 0.25) is 0 Å². The third kappa shape index (κ3) is 4.01. The largest absolute Gasteiger partial charge is 0.494 e. The molecule has 0 aliphatic carbocycles. The molecule has 0 aromatic heterocycles. The summed E-state index contributed by atoms with van der Waals surface area (Å²) in [5.41, 5.74) is 6.96. The van der Waals surface area contributed by atoms with E-state index in [1.807, 2.05) is 0 Å². The molecule has 0 saturated heterocycles. The topological polar surface area (TPSA) is 47.3 Å². The zero-order valence-electron chi connectivity index (χ0n) is 12.5. The molecule has 0 heterocycles. The maximum atomic E-state index is 13.5. The summed E-state index contributed by atoms with van der Waals surface area (Å²) in [6, 6.07) is 2.91. The minimum Gasteiger partial charge on any atom is -0.494 e. The van der Waals surface area contributed by atoms with Gasteiger partial charge in [0.05, 0.1) is 18.5 Å². The molecule has 0 fully saturated rings. The smallest absolute Gasteiger partial charge is 0.167 e. The maximum absolute atomic E-state index is 13.5. The summed E-state index contributed by atoms with van der Waals surface area (Å²) in [6.07, 6.45) is 0. The molecule has 0 aliphatic heterocycles. The first kappa shape index (κ1) is 15.6. The summed E-state index contributed by atoms with van der Waals surface area (Å²) in [7, 11) is 1.45. The Morgan fingerprint density at radius 2 is 1.79 bits per heavy atom. The van der Waals surface area contributed by atoms with E-state index in [1.54, 1.807) is 6.07 Å². The van der Waals surface area contributed by atoms with Crippen LogP contribution in [0.15, 0.2) is 12.1 Å². The van der Waals surface area contributed by atoms with Gasteiger partial charge in [-0.05, 0) is 17.8 Å². The van der Waals surface area contributed by atoms with Crippen molar-refractivity contribution in [1.29, 1.82) is 0 Å². The SMILES string of the molecule is COc1cc(NCC(C(C)C)C(C)C)c(N)cc1F. The zero-order chi connectivity index (χ0) is 14.6. The van der Waals surface area contributed by atoms with Gasteiger partial charge in [-0.25, -0.2) is 4.39 Å². The Morgan fingerprint density at radius 3 is 2.26 bits per heavy atom. The quantitative estimate of drug-likeness (QED) is 0.772. The highest BCUT2D eigenvalue weighted by Gasteiger charge is 2.18. The second-order valence-electron chi connectivity index (χ2n) is 5.61. The molecule has 3 nitrogen and oxygen atoms in total. The van der Waals surface area contributed by atoms with Crippen LogP contribution >= 0.6 is 0 Å². The highest BCUT2D eigenvalue weighted by atomic mass is 19.1. The highest BCUT2D eigenvalue weighted by molar-refractivity contribution is 5.68. The van der Waals surface area contributed by atoms with Crippen molar-refractivity contribution in [2.75, 3.05) is 24.7 Å². The molecule has 0 atom stereocenters. The molecule has 0 amide bonds. The number of anilines is 2. The lowest BCUT2D eigenvalue weighted by Gasteiger charge is -2.26. The van der Waals surface area contributed by atoms with Crippen LogP contribution < -0.4 is 15.8 Å². The van der Waals surface area contributed by atoms with Crippen molar-refractivity contribution in [2.24, 2.45) is 17.8 Å². The number of benzene rings is 1. The average Bonchev–Trinajstić information content (AvgIpc) is 2.31. The standard InChI is InChI=1S/C15H25FN2O/c1-9(2)11(10(3)4)8-18-14-7-15(19-5)12(16)6-13(14)17/h6-7,9-11,18H,8,17H2,1-5H3. The van der Waals surface area contributed by atoms with Crippen molar-refractivity contribution in [3.05, 3.63) is 17.9 Å². The van der Waals surface area contributed by atoms with Crippen LogP contribution in [-0.2, 0) is 0 Å².